The molecule has 0 aromatic heterocycles. The van der Waals surface area contributed by atoms with E-state index in [0.29, 0.717) is 0 Å². The van der Waals surface area contributed by atoms with Crippen LogP contribution in [0.25, 0.3) is 0 Å². The average Bonchev–Trinajstić information content (AvgIpc) is 2.50. The number of amides is 1. The fourth-order valence-corrected chi connectivity index (χ4v) is 3.16. The lowest BCUT2D eigenvalue weighted by atomic mass is 10.2. The van der Waals surface area contributed by atoms with Crippen LogP contribution in [-0.4, -0.2) is 17.7 Å². The zero-order chi connectivity index (χ0) is 12.3. The van der Waals surface area contributed by atoms with E-state index in [1.54, 1.807) is 11.8 Å². The van der Waals surface area contributed by atoms with Crippen molar-refractivity contribution in [2.75, 3.05) is 12.3 Å². The largest absolute Gasteiger partial charge is 0.398 e. The monoisotopic (exact) mass is 250 g/mol. The van der Waals surface area contributed by atoms with Crippen LogP contribution in [0.2, 0.25) is 0 Å². The maximum Gasteiger partial charge on any atom is 0.233 e. The van der Waals surface area contributed by atoms with Gasteiger partial charge < -0.3 is 11.1 Å². The van der Waals surface area contributed by atoms with Gasteiger partial charge in [0.2, 0.25) is 5.91 Å². The molecule has 1 heterocycles. The van der Waals surface area contributed by atoms with Crippen molar-refractivity contribution in [3.63, 3.8) is 0 Å². The summed E-state index contributed by atoms with van der Waals surface area (Å²) < 4.78 is 0. The summed E-state index contributed by atoms with van der Waals surface area (Å²) in [5, 5.41) is 2.95. The van der Waals surface area contributed by atoms with Crippen molar-refractivity contribution in [3.05, 3.63) is 23.8 Å². The second-order valence-corrected chi connectivity index (χ2v) is 5.68. The van der Waals surface area contributed by atoms with Gasteiger partial charge in [-0.3, -0.25) is 4.79 Å². The molecule has 3 nitrogen and oxygen atoms in total. The first kappa shape index (κ1) is 12.3. The van der Waals surface area contributed by atoms with E-state index in [9.17, 15) is 4.79 Å². The molecule has 92 valence electrons. The van der Waals surface area contributed by atoms with Gasteiger partial charge in [-0.1, -0.05) is 12.5 Å². The third-order valence-electron chi connectivity index (χ3n) is 2.92. The second-order valence-electron chi connectivity index (χ2n) is 4.43. The van der Waals surface area contributed by atoms with Crippen LogP contribution in [0.3, 0.4) is 0 Å². The first-order valence-corrected chi connectivity index (χ1v) is 6.85. The number of carbonyl (C=O) groups excluding carboxylic acids is 1. The zero-order valence-corrected chi connectivity index (χ0v) is 10.8. The Labute approximate surface area is 106 Å². The number of nitrogen functional groups attached to an aromatic ring is 1. The lowest BCUT2D eigenvalue weighted by Gasteiger charge is -2.14. The second kappa shape index (κ2) is 5.45. The van der Waals surface area contributed by atoms with Gasteiger partial charge in [-0.25, -0.2) is 0 Å². The van der Waals surface area contributed by atoms with Crippen molar-refractivity contribution in [1.82, 2.24) is 5.32 Å². The van der Waals surface area contributed by atoms with Crippen LogP contribution in [0.15, 0.2) is 23.1 Å². The standard InChI is InChI=1S/C13H18N2OS/c1-9-5-6-10(14)12(8-9)17-11-4-2-3-7-15-13(11)16/h5-6,8,11H,2-4,7,14H2,1H3,(H,15,16). The topological polar surface area (TPSA) is 55.1 Å². The number of thioether (sulfide) groups is 1. The van der Waals surface area contributed by atoms with Gasteiger partial charge >= 0.3 is 0 Å². The molecule has 1 saturated heterocycles. The van der Waals surface area contributed by atoms with E-state index in [2.05, 4.69) is 11.4 Å². The summed E-state index contributed by atoms with van der Waals surface area (Å²) in [6.45, 7) is 2.84. The smallest absolute Gasteiger partial charge is 0.233 e. The Hall–Kier alpha value is -1.16. The molecular formula is C13H18N2OS. The number of nitrogens with one attached hydrogen (secondary N) is 1. The van der Waals surface area contributed by atoms with E-state index >= 15 is 0 Å². The van der Waals surface area contributed by atoms with E-state index in [0.717, 1.165) is 36.4 Å². The van der Waals surface area contributed by atoms with Crippen LogP contribution < -0.4 is 11.1 Å². The molecule has 1 amide bonds. The summed E-state index contributed by atoms with van der Waals surface area (Å²) in [7, 11) is 0. The van der Waals surface area contributed by atoms with Gasteiger partial charge in [0.15, 0.2) is 0 Å². The number of rotatable bonds is 2. The first-order valence-electron chi connectivity index (χ1n) is 5.97. The van der Waals surface area contributed by atoms with Crippen molar-refractivity contribution in [2.24, 2.45) is 0 Å². The zero-order valence-electron chi connectivity index (χ0n) is 10.0. The molecule has 0 aliphatic carbocycles. The van der Waals surface area contributed by atoms with Gasteiger partial charge in [0.1, 0.15) is 0 Å². The van der Waals surface area contributed by atoms with Crippen LogP contribution in [0.5, 0.6) is 0 Å². The van der Waals surface area contributed by atoms with E-state index < -0.39 is 0 Å². The number of hydrogen-bond acceptors (Lipinski definition) is 3. The van der Waals surface area contributed by atoms with Gasteiger partial charge in [-0.15, -0.1) is 11.8 Å². The number of anilines is 1. The van der Waals surface area contributed by atoms with Crippen LogP contribution in [0, 0.1) is 6.92 Å². The molecule has 2 rings (SSSR count). The van der Waals surface area contributed by atoms with E-state index in [1.807, 2.05) is 19.1 Å². The number of carbonyl (C=O) groups is 1. The highest BCUT2D eigenvalue weighted by molar-refractivity contribution is 8.00. The minimum Gasteiger partial charge on any atom is -0.398 e. The molecule has 4 heteroatoms. The number of aryl methyl sites for hydroxylation is 1. The molecule has 0 bridgehead atoms. The molecule has 1 aromatic rings. The van der Waals surface area contributed by atoms with Crippen molar-refractivity contribution in [2.45, 2.75) is 36.3 Å². The molecule has 1 aromatic carbocycles. The van der Waals surface area contributed by atoms with Crippen molar-refractivity contribution in [1.29, 1.82) is 0 Å². The van der Waals surface area contributed by atoms with Gasteiger partial charge in [-0.05, 0) is 37.5 Å². The maximum absolute atomic E-state index is 11.8. The van der Waals surface area contributed by atoms with Gasteiger partial charge in [0.25, 0.3) is 0 Å². The fourth-order valence-electron chi connectivity index (χ4n) is 1.92. The summed E-state index contributed by atoms with van der Waals surface area (Å²) in [5.74, 6) is 0.147. The lowest BCUT2D eigenvalue weighted by molar-refractivity contribution is -0.120. The Bertz CT molecular complexity index is 420. The third kappa shape index (κ3) is 3.16. The van der Waals surface area contributed by atoms with Crippen molar-refractivity contribution in [3.8, 4) is 0 Å². The minimum atomic E-state index is 0.00148. The SMILES string of the molecule is Cc1ccc(N)c(SC2CCCCNC2=O)c1. The molecule has 1 aliphatic rings. The van der Waals surface area contributed by atoms with Crippen LogP contribution in [0.4, 0.5) is 5.69 Å². The first-order chi connectivity index (χ1) is 8.16. The molecule has 1 fully saturated rings. The summed E-state index contributed by atoms with van der Waals surface area (Å²) in [4.78, 5) is 12.9. The molecule has 1 unspecified atom stereocenters. The predicted octanol–water partition coefficient (Wildman–Crippen LogP) is 2.34. The highest BCUT2D eigenvalue weighted by atomic mass is 32.2. The molecule has 0 radical (unpaired) electrons. The van der Waals surface area contributed by atoms with Crippen LogP contribution in [0.1, 0.15) is 24.8 Å². The molecule has 0 saturated carbocycles. The molecule has 0 spiro atoms. The summed E-state index contributed by atoms with van der Waals surface area (Å²) in [6, 6.07) is 5.96. The number of nitrogens with two attached hydrogens (primary N) is 1. The van der Waals surface area contributed by atoms with E-state index in [1.165, 1.54) is 5.56 Å². The Kier molecular flexibility index (Phi) is 3.94. The highest BCUT2D eigenvalue weighted by Gasteiger charge is 2.22. The predicted molar refractivity (Wildman–Crippen MR) is 72.1 cm³/mol. The molecular weight excluding hydrogens is 232 g/mol. The highest BCUT2D eigenvalue weighted by Crippen LogP contribution is 2.32. The Morgan fingerprint density at radius 2 is 2.24 bits per heavy atom. The Morgan fingerprint density at radius 3 is 3.06 bits per heavy atom. The van der Waals surface area contributed by atoms with E-state index in [4.69, 9.17) is 5.73 Å². The molecule has 1 aliphatic heterocycles. The normalized spacial score (nSPS) is 20.8. The Balaban J connectivity index is 2.13. The molecule has 17 heavy (non-hydrogen) atoms. The van der Waals surface area contributed by atoms with Crippen molar-refractivity contribution < 1.29 is 4.79 Å². The van der Waals surface area contributed by atoms with Gasteiger partial charge in [-0.2, -0.15) is 0 Å². The summed E-state index contributed by atoms with van der Waals surface area (Å²) in [5.41, 5.74) is 7.88. The maximum atomic E-state index is 11.8. The number of benzene rings is 1. The Morgan fingerprint density at radius 1 is 1.41 bits per heavy atom. The third-order valence-corrected chi connectivity index (χ3v) is 4.26. The molecule has 1 atom stereocenters. The van der Waals surface area contributed by atoms with Gasteiger partial charge in [0, 0.05) is 17.1 Å². The fraction of sp³-hybridized carbons (Fsp3) is 0.462. The lowest BCUT2D eigenvalue weighted by Crippen LogP contribution is -2.30. The van der Waals surface area contributed by atoms with Crippen LogP contribution in [-0.2, 0) is 4.79 Å². The van der Waals surface area contributed by atoms with Crippen LogP contribution >= 0.6 is 11.8 Å². The van der Waals surface area contributed by atoms with Gasteiger partial charge in [0.05, 0.1) is 5.25 Å². The van der Waals surface area contributed by atoms with Crippen molar-refractivity contribution >= 4 is 23.4 Å². The van der Waals surface area contributed by atoms with E-state index in [-0.39, 0.29) is 11.2 Å². The quantitative estimate of drug-likeness (QED) is 0.792. The average molecular weight is 250 g/mol. The summed E-state index contributed by atoms with van der Waals surface area (Å²) in [6.07, 6.45) is 3.11. The minimum absolute atomic E-state index is 0.00148. The molecule has 3 N–H and O–H groups in total. The number of hydrogen-bond donors (Lipinski definition) is 2. The summed E-state index contributed by atoms with van der Waals surface area (Å²) >= 11 is 1.59.